The summed E-state index contributed by atoms with van der Waals surface area (Å²) in [6, 6.07) is 89.6. The van der Waals surface area contributed by atoms with Crippen molar-refractivity contribution in [2.45, 2.75) is 0 Å². The number of anilines is 3. The maximum Gasteiger partial charge on any atom is 0.0462 e. The van der Waals surface area contributed by atoms with E-state index in [-0.39, 0.29) is 0 Å². The topological polar surface area (TPSA) is 3.24 Å². The summed E-state index contributed by atoms with van der Waals surface area (Å²) in [4.78, 5) is 2.33. The Balaban J connectivity index is 0.961. The van der Waals surface area contributed by atoms with Gasteiger partial charge >= 0.3 is 0 Å². The quantitative estimate of drug-likeness (QED) is 0.142. The smallest absolute Gasteiger partial charge is 0.0462 e. The Hall–Kier alpha value is -7.74. The molecule has 0 bridgehead atoms. The maximum absolute atomic E-state index is 2.33. The van der Waals surface area contributed by atoms with Gasteiger partial charge in [0.25, 0.3) is 0 Å². The molecule has 59 heavy (non-hydrogen) atoms. The van der Waals surface area contributed by atoms with E-state index in [0.717, 1.165) is 17.1 Å². The SMILES string of the molecule is c1ccc(-c2ccccc2-c2cccc(-c3ccc(N(c4ccccc4)c4ccc(-c5cccc(-c6cccc7cccc(-c8ccccc8)c67)c5)cc4)cc3)c2)cc1. The first kappa shape index (κ1) is 35.7. The normalized spacial score (nSPS) is 11.1. The van der Waals surface area contributed by atoms with Crippen LogP contribution in [0.2, 0.25) is 0 Å². The minimum absolute atomic E-state index is 1.10. The van der Waals surface area contributed by atoms with Crippen molar-refractivity contribution in [2.24, 2.45) is 0 Å². The Morgan fingerprint density at radius 3 is 1.07 bits per heavy atom. The van der Waals surface area contributed by atoms with Crippen LogP contribution < -0.4 is 4.90 Å². The minimum atomic E-state index is 1.10. The largest absolute Gasteiger partial charge is 0.311 e. The molecule has 1 heteroatoms. The summed E-state index contributed by atoms with van der Waals surface area (Å²) in [6.07, 6.45) is 0. The highest BCUT2D eigenvalue weighted by molar-refractivity contribution is 6.06. The van der Waals surface area contributed by atoms with Crippen molar-refractivity contribution >= 4 is 27.8 Å². The molecule has 10 aromatic carbocycles. The molecular formula is C58H41N. The fourth-order valence-corrected chi connectivity index (χ4v) is 8.41. The van der Waals surface area contributed by atoms with Gasteiger partial charge in [-0.3, -0.25) is 0 Å². The second-order valence-electron chi connectivity index (χ2n) is 14.9. The van der Waals surface area contributed by atoms with E-state index < -0.39 is 0 Å². The molecule has 0 aliphatic heterocycles. The van der Waals surface area contributed by atoms with Crippen LogP contribution in [0.3, 0.4) is 0 Å². The highest BCUT2D eigenvalue weighted by Crippen LogP contribution is 2.40. The van der Waals surface area contributed by atoms with Crippen molar-refractivity contribution in [3.8, 4) is 66.8 Å². The molecule has 1 nitrogen and oxygen atoms in total. The van der Waals surface area contributed by atoms with Gasteiger partial charge < -0.3 is 4.90 Å². The van der Waals surface area contributed by atoms with Crippen LogP contribution in [0.4, 0.5) is 17.1 Å². The molecule has 10 rings (SSSR count). The second kappa shape index (κ2) is 16.0. The van der Waals surface area contributed by atoms with Crippen LogP contribution >= 0.6 is 0 Å². The lowest BCUT2D eigenvalue weighted by molar-refractivity contribution is 1.28. The van der Waals surface area contributed by atoms with Crippen molar-refractivity contribution in [3.05, 3.63) is 249 Å². The number of rotatable bonds is 9. The molecule has 0 radical (unpaired) electrons. The Morgan fingerprint density at radius 2 is 0.542 bits per heavy atom. The molecule has 0 saturated heterocycles. The minimum Gasteiger partial charge on any atom is -0.311 e. The van der Waals surface area contributed by atoms with E-state index in [2.05, 4.69) is 254 Å². The van der Waals surface area contributed by atoms with Crippen LogP contribution in [0, 0.1) is 0 Å². The Bertz CT molecular complexity index is 3000. The van der Waals surface area contributed by atoms with E-state index in [1.165, 1.54) is 77.5 Å². The number of hydrogen-bond donors (Lipinski definition) is 0. The van der Waals surface area contributed by atoms with Gasteiger partial charge in [-0.1, -0.05) is 200 Å². The van der Waals surface area contributed by atoms with E-state index in [9.17, 15) is 0 Å². The van der Waals surface area contributed by atoms with Crippen LogP contribution in [0.15, 0.2) is 249 Å². The predicted octanol–water partition coefficient (Wildman–Crippen LogP) is 16.3. The number of benzene rings is 10. The lowest BCUT2D eigenvalue weighted by atomic mass is 9.90. The molecule has 0 spiro atoms. The lowest BCUT2D eigenvalue weighted by Crippen LogP contribution is -2.09. The number of hydrogen-bond acceptors (Lipinski definition) is 1. The summed E-state index contributed by atoms with van der Waals surface area (Å²) in [5, 5.41) is 2.52. The standard InChI is InChI=1S/C58H41N/c1-4-16-44(17-5-1)54-28-10-11-29-55(54)49-24-12-22-47(40-49)42-32-36-52(37-33-42)59(51-26-8-3-9-27-51)53-38-34-43(35-39-53)48-23-13-25-50(41-48)57-31-15-21-46-20-14-30-56(58(46)57)45-18-6-2-7-19-45/h1-41H. The molecule has 0 amide bonds. The first-order chi connectivity index (χ1) is 29.3. The zero-order valence-corrected chi connectivity index (χ0v) is 32.6. The van der Waals surface area contributed by atoms with Crippen molar-refractivity contribution < 1.29 is 0 Å². The van der Waals surface area contributed by atoms with E-state index in [1.807, 2.05) is 0 Å². The van der Waals surface area contributed by atoms with Crippen LogP contribution in [0.25, 0.3) is 77.5 Å². The van der Waals surface area contributed by atoms with Crippen LogP contribution in [0.5, 0.6) is 0 Å². The average Bonchev–Trinajstić information content (AvgIpc) is 3.33. The molecular weight excluding hydrogens is 711 g/mol. The molecule has 0 aliphatic rings. The van der Waals surface area contributed by atoms with E-state index in [0.29, 0.717) is 0 Å². The van der Waals surface area contributed by atoms with Gasteiger partial charge in [-0.15, -0.1) is 0 Å². The summed E-state index contributed by atoms with van der Waals surface area (Å²) in [5.74, 6) is 0. The van der Waals surface area contributed by atoms with Gasteiger partial charge in [-0.25, -0.2) is 0 Å². The van der Waals surface area contributed by atoms with E-state index >= 15 is 0 Å². The fraction of sp³-hybridized carbons (Fsp3) is 0. The van der Waals surface area contributed by atoms with Crippen molar-refractivity contribution in [1.82, 2.24) is 0 Å². The van der Waals surface area contributed by atoms with Gasteiger partial charge in [0.05, 0.1) is 0 Å². The van der Waals surface area contributed by atoms with Gasteiger partial charge in [-0.2, -0.15) is 0 Å². The average molecular weight is 752 g/mol. The third kappa shape index (κ3) is 7.23. The number of para-hydroxylation sites is 1. The zero-order chi connectivity index (χ0) is 39.4. The molecule has 10 aromatic rings. The maximum atomic E-state index is 2.33. The van der Waals surface area contributed by atoms with E-state index in [1.54, 1.807) is 0 Å². The highest BCUT2D eigenvalue weighted by Gasteiger charge is 2.15. The molecule has 0 saturated carbocycles. The molecule has 0 fully saturated rings. The predicted molar refractivity (Wildman–Crippen MR) is 251 cm³/mol. The van der Waals surface area contributed by atoms with Crippen molar-refractivity contribution in [1.29, 1.82) is 0 Å². The first-order valence-corrected chi connectivity index (χ1v) is 20.3. The molecule has 278 valence electrons. The van der Waals surface area contributed by atoms with Crippen LogP contribution in [0.1, 0.15) is 0 Å². The molecule has 0 atom stereocenters. The molecule has 0 aromatic heterocycles. The Labute approximate surface area is 346 Å². The fourth-order valence-electron chi connectivity index (χ4n) is 8.41. The van der Waals surface area contributed by atoms with Crippen molar-refractivity contribution in [2.75, 3.05) is 4.90 Å². The van der Waals surface area contributed by atoms with Gasteiger partial charge in [0.1, 0.15) is 0 Å². The number of nitrogens with zero attached hydrogens (tertiary/aromatic N) is 1. The Morgan fingerprint density at radius 1 is 0.203 bits per heavy atom. The van der Waals surface area contributed by atoms with E-state index in [4.69, 9.17) is 0 Å². The van der Waals surface area contributed by atoms with Crippen LogP contribution in [-0.4, -0.2) is 0 Å². The molecule has 0 N–H and O–H groups in total. The third-order valence-electron chi connectivity index (χ3n) is 11.3. The highest BCUT2D eigenvalue weighted by atomic mass is 15.1. The summed E-state index contributed by atoms with van der Waals surface area (Å²) >= 11 is 0. The Kier molecular flexibility index (Phi) is 9.68. The van der Waals surface area contributed by atoms with Gasteiger partial charge in [-0.05, 0) is 126 Å². The van der Waals surface area contributed by atoms with Gasteiger partial charge in [0.15, 0.2) is 0 Å². The second-order valence-corrected chi connectivity index (χ2v) is 14.9. The van der Waals surface area contributed by atoms with Gasteiger partial charge in [0, 0.05) is 17.1 Å². The molecule has 0 heterocycles. The summed E-state index contributed by atoms with van der Waals surface area (Å²) < 4.78 is 0. The van der Waals surface area contributed by atoms with Crippen LogP contribution in [-0.2, 0) is 0 Å². The monoisotopic (exact) mass is 751 g/mol. The zero-order valence-electron chi connectivity index (χ0n) is 32.6. The van der Waals surface area contributed by atoms with Gasteiger partial charge in [0.2, 0.25) is 0 Å². The third-order valence-corrected chi connectivity index (χ3v) is 11.3. The molecule has 0 unspecified atom stereocenters. The summed E-state index contributed by atoms with van der Waals surface area (Å²) in [5.41, 5.74) is 17.9. The summed E-state index contributed by atoms with van der Waals surface area (Å²) in [7, 11) is 0. The summed E-state index contributed by atoms with van der Waals surface area (Å²) in [6.45, 7) is 0. The van der Waals surface area contributed by atoms with Crippen molar-refractivity contribution in [3.63, 3.8) is 0 Å². The first-order valence-electron chi connectivity index (χ1n) is 20.3. The molecule has 0 aliphatic carbocycles. The lowest BCUT2D eigenvalue weighted by Gasteiger charge is -2.26. The number of fused-ring (bicyclic) bond motifs is 1.